The van der Waals surface area contributed by atoms with E-state index >= 15 is 0 Å². The van der Waals surface area contributed by atoms with Crippen molar-refractivity contribution >= 4 is 33.7 Å². The molecule has 2 aliphatic rings. The van der Waals surface area contributed by atoms with E-state index in [1.165, 1.54) is 21.6 Å². The Balaban J connectivity index is 1.25. The number of furan rings is 1. The van der Waals surface area contributed by atoms with Gasteiger partial charge in [0.05, 0.1) is 5.56 Å². The molecule has 0 spiro atoms. The van der Waals surface area contributed by atoms with Crippen molar-refractivity contribution in [2.45, 2.75) is 16.1 Å². The number of nitrogens with zero attached hydrogens (tertiary/aromatic N) is 3. The molecule has 3 heterocycles. The Labute approximate surface area is 258 Å². The maximum atomic E-state index is 6.68. The molecule has 5 heteroatoms. The highest BCUT2D eigenvalue weighted by Gasteiger charge is 2.33. The van der Waals surface area contributed by atoms with Gasteiger partial charge in [-0.25, -0.2) is 15.0 Å². The molecule has 0 saturated heterocycles. The van der Waals surface area contributed by atoms with Crippen molar-refractivity contribution in [2.75, 3.05) is 0 Å². The van der Waals surface area contributed by atoms with Crippen LogP contribution in [0.15, 0.2) is 149 Å². The third-order valence-corrected chi connectivity index (χ3v) is 9.91. The third kappa shape index (κ3) is 4.04. The van der Waals surface area contributed by atoms with Crippen LogP contribution in [0.25, 0.3) is 67.2 Å². The number of allylic oxidation sites excluding steroid dienone is 3. The molecular formula is C39H25N3OS. The number of hydrogen-bond acceptors (Lipinski definition) is 5. The highest BCUT2D eigenvalue weighted by atomic mass is 32.2. The first-order valence-corrected chi connectivity index (χ1v) is 15.7. The summed E-state index contributed by atoms with van der Waals surface area (Å²) < 4.78 is 6.68. The van der Waals surface area contributed by atoms with Crippen molar-refractivity contribution in [3.63, 3.8) is 0 Å². The number of benzene rings is 5. The average molecular weight is 584 g/mol. The smallest absolute Gasteiger partial charge is 0.167 e. The second-order valence-electron chi connectivity index (χ2n) is 11.1. The van der Waals surface area contributed by atoms with Gasteiger partial charge in [0.1, 0.15) is 11.2 Å². The van der Waals surface area contributed by atoms with E-state index in [4.69, 9.17) is 19.4 Å². The number of fused-ring (bicyclic) bond motifs is 6. The van der Waals surface area contributed by atoms with E-state index in [-0.39, 0.29) is 0 Å². The van der Waals surface area contributed by atoms with Crippen molar-refractivity contribution in [2.24, 2.45) is 0 Å². The molecule has 0 saturated carbocycles. The summed E-state index contributed by atoms with van der Waals surface area (Å²) in [6.45, 7) is 0. The zero-order valence-corrected chi connectivity index (χ0v) is 24.4. The average Bonchev–Trinajstić information content (AvgIpc) is 3.68. The lowest BCUT2D eigenvalue weighted by Gasteiger charge is -2.14. The van der Waals surface area contributed by atoms with Crippen molar-refractivity contribution in [3.05, 3.63) is 145 Å². The first-order valence-electron chi connectivity index (χ1n) is 14.8. The number of aromatic nitrogens is 3. The second-order valence-corrected chi connectivity index (χ2v) is 12.3. The van der Waals surface area contributed by atoms with E-state index in [0.717, 1.165) is 38.6 Å². The monoisotopic (exact) mass is 583 g/mol. The second kappa shape index (κ2) is 10.2. The molecule has 0 radical (unpaired) electrons. The highest BCUT2D eigenvalue weighted by molar-refractivity contribution is 8.00. The molecule has 1 aliphatic heterocycles. The summed E-state index contributed by atoms with van der Waals surface area (Å²) in [5, 5.41) is 2.60. The Bertz CT molecular complexity index is 2210. The lowest BCUT2D eigenvalue weighted by molar-refractivity contribution is 0.669. The first kappa shape index (κ1) is 25.3. The fourth-order valence-electron chi connectivity index (χ4n) is 6.45. The van der Waals surface area contributed by atoms with Crippen molar-refractivity contribution in [1.82, 2.24) is 15.0 Å². The van der Waals surface area contributed by atoms with Crippen molar-refractivity contribution < 1.29 is 4.42 Å². The van der Waals surface area contributed by atoms with Gasteiger partial charge in [0, 0.05) is 38.0 Å². The van der Waals surface area contributed by atoms with Crippen molar-refractivity contribution in [3.8, 4) is 45.3 Å². The zero-order valence-electron chi connectivity index (χ0n) is 23.6. The van der Waals surface area contributed by atoms with Gasteiger partial charge in [-0.05, 0) is 28.8 Å². The number of rotatable bonds is 4. The normalized spacial score (nSPS) is 16.8. The summed E-state index contributed by atoms with van der Waals surface area (Å²) >= 11 is 1.96. The summed E-state index contributed by atoms with van der Waals surface area (Å²) in [6.07, 6.45) is 8.99. The molecule has 7 aromatic rings. The zero-order chi connectivity index (χ0) is 29.0. The molecule has 208 valence electrons. The first-order chi connectivity index (χ1) is 21.8. The minimum absolute atomic E-state index is 0.410. The van der Waals surface area contributed by atoms with Crippen LogP contribution in [-0.4, -0.2) is 20.2 Å². The Kier molecular flexibility index (Phi) is 5.84. The molecule has 2 atom stereocenters. The van der Waals surface area contributed by atoms with Crippen LogP contribution in [0, 0.1) is 0 Å². The predicted molar refractivity (Wildman–Crippen MR) is 180 cm³/mol. The Hall–Kier alpha value is -5.26. The lowest BCUT2D eigenvalue weighted by atomic mass is 9.89. The molecule has 0 amide bonds. The lowest BCUT2D eigenvalue weighted by Crippen LogP contribution is -2.06. The topological polar surface area (TPSA) is 51.8 Å². The van der Waals surface area contributed by atoms with Gasteiger partial charge in [0.2, 0.25) is 0 Å². The highest BCUT2D eigenvalue weighted by Crippen LogP contribution is 2.53. The summed E-state index contributed by atoms with van der Waals surface area (Å²) in [4.78, 5) is 16.2. The van der Waals surface area contributed by atoms with Crippen LogP contribution < -0.4 is 0 Å². The Morgan fingerprint density at radius 2 is 1.18 bits per heavy atom. The van der Waals surface area contributed by atoms with Gasteiger partial charge >= 0.3 is 0 Å². The largest absolute Gasteiger partial charge is 0.455 e. The van der Waals surface area contributed by atoms with E-state index in [9.17, 15) is 0 Å². The van der Waals surface area contributed by atoms with Gasteiger partial charge in [0.15, 0.2) is 17.5 Å². The Morgan fingerprint density at radius 1 is 0.545 bits per heavy atom. The van der Waals surface area contributed by atoms with Crippen LogP contribution in [0.2, 0.25) is 0 Å². The van der Waals surface area contributed by atoms with Gasteiger partial charge in [-0.2, -0.15) is 0 Å². The van der Waals surface area contributed by atoms with Crippen LogP contribution >= 0.6 is 11.8 Å². The number of para-hydroxylation sites is 1. The van der Waals surface area contributed by atoms with Crippen LogP contribution in [0.1, 0.15) is 11.5 Å². The van der Waals surface area contributed by atoms with Crippen LogP contribution in [0.3, 0.4) is 0 Å². The van der Waals surface area contributed by atoms with Crippen molar-refractivity contribution in [1.29, 1.82) is 0 Å². The third-order valence-electron chi connectivity index (χ3n) is 8.50. The molecule has 2 unspecified atom stereocenters. The van der Waals surface area contributed by atoms with Gasteiger partial charge < -0.3 is 4.42 Å². The summed E-state index contributed by atoms with van der Waals surface area (Å²) in [6, 6.07) is 39.5. The van der Waals surface area contributed by atoms with Crippen LogP contribution in [0.4, 0.5) is 0 Å². The molecule has 0 fully saturated rings. The van der Waals surface area contributed by atoms with Gasteiger partial charge in [-0.1, -0.05) is 127 Å². The molecular weight excluding hydrogens is 559 g/mol. The minimum Gasteiger partial charge on any atom is -0.455 e. The van der Waals surface area contributed by atoms with Gasteiger partial charge in [0.25, 0.3) is 0 Å². The maximum Gasteiger partial charge on any atom is 0.167 e. The van der Waals surface area contributed by atoms with Gasteiger partial charge in [-0.15, -0.1) is 11.8 Å². The molecule has 44 heavy (non-hydrogen) atoms. The fourth-order valence-corrected chi connectivity index (χ4v) is 7.92. The number of hydrogen-bond donors (Lipinski definition) is 0. The quantitative estimate of drug-likeness (QED) is 0.206. The fraction of sp³-hybridized carbons (Fsp3) is 0.0513. The van der Waals surface area contributed by atoms with E-state index in [2.05, 4.69) is 72.8 Å². The van der Waals surface area contributed by atoms with Crippen LogP contribution in [0.5, 0.6) is 0 Å². The molecule has 5 aromatic carbocycles. The molecule has 9 rings (SSSR count). The minimum atomic E-state index is 0.410. The van der Waals surface area contributed by atoms with E-state index in [1.807, 2.05) is 78.5 Å². The summed E-state index contributed by atoms with van der Waals surface area (Å²) in [5.74, 6) is 2.26. The molecule has 0 bridgehead atoms. The standard InChI is InChI=1S/C39H25N3OS/c1-3-12-24(13-4-1)37-40-38(25-14-5-2-6-15-25)42-39(41-37)31-21-10-20-30-34-27(17-11-22-32(34)43-35(30)31)29-19-9-18-28-26-16-7-8-23-33(26)44-36(28)29/h1-23,26,33H. The number of thioether (sulfide) groups is 1. The molecule has 2 aromatic heterocycles. The Morgan fingerprint density at radius 3 is 1.95 bits per heavy atom. The molecule has 4 nitrogen and oxygen atoms in total. The van der Waals surface area contributed by atoms with E-state index < -0.39 is 0 Å². The summed E-state index contributed by atoms with van der Waals surface area (Å²) in [7, 11) is 0. The van der Waals surface area contributed by atoms with Crippen LogP contribution in [-0.2, 0) is 0 Å². The van der Waals surface area contributed by atoms with E-state index in [1.54, 1.807) is 0 Å². The maximum absolute atomic E-state index is 6.68. The predicted octanol–water partition coefficient (Wildman–Crippen LogP) is 10.1. The molecule has 1 aliphatic carbocycles. The van der Waals surface area contributed by atoms with Gasteiger partial charge in [-0.3, -0.25) is 0 Å². The summed E-state index contributed by atoms with van der Waals surface area (Å²) in [5.41, 5.74) is 8.18. The SMILES string of the molecule is C1=CC2Sc3c(-c4cccc5oc6c(-c7nc(-c8ccccc8)nc(-c8ccccc8)n7)cccc6c45)cccc3C2C=C1. The van der Waals surface area contributed by atoms with E-state index in [0.29, 0.717) is 28.6 Å². The molecule has 0 N–H and O–H groups in total.